The standard InChI is InChI=1S/C9H12O3S/c10-6-7(5-9(11)12)4-8-2-1-3-13-8/h1-3,7,10H,4-6H2,(H,11,12). The van der Waals surface area contributed by atoms with Crippen molar-refractivity contribution >= 4 is 17.3 Å². The number of aliphatic hydroxyl groups excluding tert-OH is 1. The molecule has 0 aromatic carbocycles. The fourth-order valence-corrected chi connectivity index (χ4v) is 1.98. The zero-order chi connectivity index (χ0) is 9.68. The monoisotopic (exact) mass is 200 g/mol. The van der Waals surface area contributed by atoms with Crippen molar-refractivity contribution < 1.29 is 15.0 Å². The second-order valence-electron chi connectivity index (χ2n) is 2.93. The molecule has 0 bridgehead atoms. The van der Waals surface area contributed by atoms with E-state index in [4.69, 9.17) is 10.2 Å². The Balaban J connectivity index is 2.45. The molecular formula is C9H12O3S. The molecule has 1 heterocycles. The molecular weight excluding hydrogens is 188 g/mol. The van der Waals surface area contributed by atoms with Gasteiger partial charge in [0.25, 0.3) is 0 Å². The van der Waals surface area contributed by atoms with Gasteiger partial charge in [0.05, 0.1) is 6.42 Å². The molecule has 1 rings (SSSR count). The van der Waals surface area contributed by atoms with Gasteiger partial charge in [-0.1, -0.05) is 6.07 Å². The van der Waals surface area contributed by atoms with E-state index in [9.17, 15) is 4.79 Å². The van der Waals surface area contributed by atoms with E-state index < -0.39 is 5.97 Å². The van der Waals surface area contributed by atoms with Crippen LogP contribution < -0.4 is 0 Å². The van der Waals surface area contributed by atoms with Crippen molar-refractivity contribution in [1.29, 1.82) is 0 Å². The van der Waals surface area contributed by atoms with E-state index in [1.807, 2.05) is 17.5 Å². The average molecular weight is 200 g/mol. The maximum absolute atomic E-state index is 10.4. The summed E-state index contributed by atoms with van der Waals surface area (Å²) in [6.07, 6.45) is 0.689. The van der Waals surface area contributed by atoms with E-state index in [0.717, 1.165) is 4.88 Å². The summed E-state index contributed by atoms with van der Waals surface area (Å²) in [4.78, 5) is 11.5. The second kappa shape index (κ2) is 4.99. The van der Waals surface area contributed by atoms with Crippen LogP contribution in [0.25, 0.3) is 0 Å². The third-order valence-corrected chi connectivity index (χ3v) is 2.69. The number of carboxylic acids is 1. The normalized spacial score (nSPS) is 12.7. The number of hydrogen-bond donors (Lipinski definition) is 2. The van der Waals surface area contributed by atoms with Crippen molar-refractivity contribution in [2.75, 3.05) is 6.61 Å². The maximum Gasteiger partial charge on any atom is 0.303 e. The quantitative estimate of drug-likeness (QED) is 0.754. The minimum absolute atomic E-state index is 0.0361. The van der Waals surface area contributed by atoms with Gasteiger partial charge in [0.1, 0.15) is 0 Å². The zero-order valence-electron chi connectivity index (χ0n) is 7.14. The van der Waals surface area contributed by atoms with Gasteiger partial charge in [-0.25, -0.2) is 0 Å². The average Bonchev–Trinajstić information content (AvgIpc) is 2.55. The first-order valence-electron chi connectivity index (χ1n) is 4.07. The smallest absolute Gasteiger partial charge is 0.303 e. The van der Waals surface area contributed by atoms with Crippen LogP contribution in [0.5, 0.6) is 0 Å². The summed E-state index contributed by atoms with van der Waals surface area (Å²) in [6.45, 7) is -0.0653. The lowest BCUT2D eigenvalue weighted by Crippen LogP contribution is -2.13. The highest BCUT2D eigenvalue weighted by Gasteiger charge is 2.12. The minimum Gasteiger partial charge on any atom is -0.481 e. The molecule has 0 aliphatic carbocycles. The summed E-state index contributed by atoms with van der Waals surface area (Å²) >= 11 is 1.59. The molecule has 0 radical (unpaired) electrons. The Morgan fingerprint density at radius 1 is 1.62 bits per heavy atom. The van der Waals surface area contributed by atoms with E-state index in [0.29, 0.717) is 6.42 Å². The van der Waals surface area contributed by atoms with Gasteiger partial charge >= 0.3 is 5.97 Å². The van der Waals surface area contributed by atoms with Crippen molar-refractivity contribution in [2.45, 2.75) is 12.8 Å². The minimum atomic E-state index is -0.851. The van der Waals surface area contributed by atoms with Gasteiger partial charge in [0, 0.05) is 11.5 Å². The molecule has 4 heteroatoms. The molecule has 1 unspecified atom stereocenters. The Morgan fingerprint density at radius 2 is 2.38 bits per heavy atom. The van der Waals surface area contributed by atoms with E-state index in [-0.39, 0.29) is 18.9 Å². The molecule has 2 N–H and O–H groups in total. The van der Waals surface area contributed by atoms with Crippen molar-refractivity contribution in [1.82, 2.24) is 0 Å². The first-order chi connectivity index (χ1) is 6.22. The lowest BCUT2D eigenvalue weighted by molar-refractivity contribution is -0.138. The molecule has 13 heavy (non-hydrogen) atoms. The molecule has 3 nitrogen and oxygen atoms in total. The van der Waals surface area contributed by atoms with Gasteiger partial charge in [0.2, 0.25) is 0 Å². The fourth-order valence-electron chi connectivity index (χ4n) is 1.16. The summed E-state index contributed by atoms with van der Waals surface area (Å²) in [5, 5.41) is 19.4. The predicted molar refractivity (Wildman–Crippen MR) is 50.9 cm³/mol. The lowest BCUT2D eigenvalue weighted by atomic mass is 10.0. The number of rotatable bonds is 5. The summed E-state index contributed by atoms with van der Waals surface area (Å²) in [5.74, 6) is -1.01. The van der Waals surface area contributed by atoms with Crippen molar-refractivity contribution in [3.8, 4) is 0 Å². The van der Waals surface area contributed by atoms with Gasteiger partial charge < -0.3 is 10.2 Å². The first-order valence-corrected chi connectivity index (χ1v) is 4.95. The van der Waals surface area contributed by atoms with Gasteiger partial charge in [0.15, 0.2) is 0 Å². The highest BCUT2D eigenvalue weighted by molar-refractivity contribution is 7.09. The number of hydrogen-bond acceptors (Lipinski definition) is 3. The number of aliphatic carboxylic acids is 1. The SMILES string of the molecule is O=C(O)CC(CO)Cc1cccs1. The third kappa shape index (κ3) is 3.57. The molecule has 0 saturated heterocycles. The zero-order valence-corrected chi connectivity index (χ0v) is 7.96. The maximum atomic E-state index is 10.4. The molecule has 0 aliphatic heterocycles. The number of thiophene rings is 1. The number of aliphatic hydroxyl groups is 1. The second-order valence-corrected chi connectivity index (χ2v) is 3.96. The van der Waals surface area contributed by atoms with Crippen molar-refractivity contribution in [2.24, 2.45) is 5.92 Å². The summed E-state index contributed by atoms with van der Waals surface area (Å²) in [6, 6.07) is 3.88. The van der Waals surface area contributed by atoms with Crippen LogP contribution >= 0.6 is 11.3 Å². The van der Waals surface area contributed by atoms with E-state index in [1.54, 1.807) is 11.3 Å². The highest BCUT2D eigenvalue weighted by atomic mass is 32.1. The lowest BCUT2D eigenvalue weighted by Gasteiger charge is -2.09. The van der Waals surface area contributed by atoms with Crippen LogP contribution in [0.4, 0.5) is 0 Å². The Hall–Kier alpha value is -0.870. The topological polar surface area (TPSA) is 57.5 Å². The van der Waals surface area contributed by atoms with E-state index >= 15 is 0 Å². The molecule has 1 atom stereocenters. The van der Waals surface area contributed by atoms with Crippen molar-refractivity contribution in [3.05, 3.63) is 22.4 Å². The largest absolute Gasteiger partial charge is 0.481 e. The summed E-state index contributed by atoms with van der Waals surface area (Å²) in [7, 11) is 0. The number of carboxylic acid groups (broad SMARTS) is 1. The van der Waals surface area contributed by atoms with Crippen LogP contribution in [0, 0.1) is 5.92 Å². The Bertz CT molecular complexity index is 256. The van der Waals surface area contributed by atoms with Crippen LogP contribution in [-0.2, 0) is 11.2 Å². The molecule has 1 aromatic heterocycles. The van der Waals surface area contributed by atoms with Crippen LogP contribution in [0.2, 0.25) is 0 Å². The molecule has 0 aliphatic rings. The van der Waals surface area contributed by atoms with Crippen molar-refractivity contribution in [3.63, 3.8) is 0 Å². The highest BCUT2D eigenvalue weighted by Crippen LogP contribution is 2.16. The molecule has 0 spiro atoms. The summed E-state index contributed by atoms with van der Waals surface area (Å²) < 4.78 is 0. The fraction of sp³-hybridized carbons (Fsp3) is 0.444. The number of carbonyl (C=O) groups is 1. The van der Waals surface area contributed by atoms with Gasteiger partial charge in [-0.2, -0.15) is 0 Å². The molecule has 0 saturated carbocycles. The Kier molecular flexibility index (Phi) is 3.92. The van der Waals surface area contributed by atoms with Gasteiger partial charge in [-0.05, 0) is 23.8 Å². The van der Waals surface area contributed by atoms with Gasteiger partial charge in [-0.15, -0.1) is 11.3 Å². The Morgan fingerprint density at radius 3 is 2.85 bits per heavy atom. The molecule has 0 amide bonds. The van der Waals surface area contributed by atoms with E-state index in [1.165, 1.54) is 0 Å². The molecule has 0 fully saturated rings. The van der Waals surface area contributed by atoms with Gasteiger partial charge in [-0.3, -0.25) is 4.79 Å². The van der Waals surface area contributed by atoms with Crippen LogP contribution in [0.1, 0.15) is 11.3 Å². The third-order valence-electron chi connectivity index (χ3n) is 1.79. The summed E-state index contributed by atoms with van der Waals surface area (Å²) in [5.41, 5.74) is 0. The first kappa shape index (κ1) is 10.2. The van der Waals surface area contributed by atoms with Crippen LogP contribution in [-0.4, -0.2) is 22.8 Å². The van der Waals surface area contributed by atoms with Crippen LogP contribution in [0.3, 0.4) is 0 Å². The Labute approximate surface area is 80.6 Å². The predicted octanol–water partition coefficient (Wildman–Crippen LogP) is 1.37. The van der Waals surface area contributed by atoms with E-state index in [2.05, 4.69) is 0 Å². The molecule has 1 aromatic rings. The van der Waals surface area contributed by atoms with Crippen LogP contribution in [0.15, 0.2) is 17.5 Å². The molecule has 72 valence electrons.